The van der Waals surface area contributed by atoms with Crippen LogP contribution in [-0.2, 0) is 51.1 Å². The number of alkyl halides is 2. The van der Waals surface area contributed by atoms with E-state index in [1.807, 2.05) is 31.2 Å². The first-order chi connectivity index (χ1) is 48.3. The lowest BCUT2D eigenvalue weighted by Crippen LogP contribution is -2.66. The summed E-state index contributed by atoms with van der Waals surface area (Å²) in [6, 6.07) is 7.96. The first-order valence-corrected chi connectivity index (χ1v) is 36.0. The number of β-amino-alcohol motifs (C(OH)–C–C–N with tert-alkyl or cyclic N) is 2. The minimum atomic E-state index is -2.93. The molecule has 0 spiro atoms. The zero-order chi connectivity index (χ0) is 72.1. The largest absolute Gasteiger partial charge is 0.493 e. The van der Waals surface area contributed by atoms with Gasteiger partial charge in [0.15, 0.2) is 0 Å². The number of benzene rings is 3. The molecule has 5 aromatic rings. The minimum Gasteiger partial charge on any atom is -0.493 e. The van der Waals surface area contributed by atoms with E-state index < -0.39 is 127 Å². The third-order valence-corrected chi connectivity index (χ3v) is 21.6. The first kappa shape index (κ1) is 74.5. The van der Waals surface area contributed by atoms with E-state index in [4.69, 9.17) is 9.47 Å². The number of hydrogen-bond acceptors (Lipinski definition) is 15. The van der Waals surface area contributed by atoms with E-state index in [9.17, 15) is 47.8 Å². The summed E-state index contributed by atoms with van der Waals surface area (Å²) in [6.07, 6.45) is -0.592. The van der Waals surface area contributed by atoms with Crippen molar-refractivity contribution in [3.8, 4) is 17.1 Å². The van der Waals surface area contributed by atoms with Crippen LogP contribution in [0.3, 0.4) is 0 Å². The molecule has 5 fully saturated rings. The summed E-state index contributed by atoms with van der Waals surface area (Å²) < 4.78 is 71.7. The highest BCUT2D eigenvalue weighted by Crippen LogP contribution is 2.42. The lowest BCUT2D eigenvalue weighted by atomic mass is 9.81. The molecule has 7 amide bonds. The van der Waals surface area contributed by atoms with Crippen molar-refractivity contribution in [3.05, 3.63) is 89.0 Å². The van der Waals surface area contributed by atoms with E-state index in [1.165, 1.54) is 29.2 Å². The number of halogens is 4. The Kier molecular flexibility index (Phi) is 23.8. The van der Waals surface area contributed by atoms with Crippen LogP contribution in [-0.4, -0.2) is 232 Å². The zero-order valence-electron chi connectivity index (χ0n) is 58.7. The number of carbonyl (C=O) groups is 7. The summed E-state index contributed by atoms with van der Waals surface area (Å²) in [5, 5.41) is 44.8. The number of ether oxygens (including phenoxy) is 2. The topological polar surface area (TPSA) is 307 Å². The van der Waals surface area contributed by atoms with Crippen molar-refractivity contribution in [2.75, 3.05) is 66.1 Å². The van der Waals surface area contributed by atoms with Crippen molar-refractivity contribution in [2.45, 2.75) is 209 Å². The Morgan fingerprint density at radius 1 is 0.653 bits per heavy atom. The van der Waals surface area contributed by atoms with Crippen molar-refractivity contribution in [1.82, 2.24) is 66.8 Å². The first-order valence-electron chi connectivity index (χ1n) is 36.0. The molecule has 1 aliphatic carbocycles. The number of nitrogens with zero attached hydrogens (tertiary/aromatic N) is 4. The summed E-state index contributed by atoms with van der Waals surface area (Å²) in [4.78, 5) is 114. The van der Waals surface area contributed by atoms with Gasteiger partial charge in [-0.05, 0) is 152 Å². The number of fused-ring (bicyclic) bond motifs is 4. The minimum absolute atomic E-state index is 0.0188. The van der Waals surface area contributed by atoms with Gasteiger partial charge in [-0.15, -0.1) is 0 Å². The lowest BCUT2D eigenvalue weighted by Gasteiger charge is -2.45. The fourth-order valence-electron chi connectivity index (χ4n) is 15.9. The van der Waals surface area contributed by atoms with Gasteiger partial charge < -0.3 is 81.6 Å². The number of likely N-dealkylation sites (tertiary alicyclic amines) is 2. The Morgan fingerprint density at radius 2 is 1.19 bits per heavy atom. The maximum absolute atomic E-state index is 15.2. The molecule has 11 N–H and O–H groups in total. The van der Waals surface area contributed by atoms with E-state index in [0.717, 1.165) is 5.56 Å². The van der Waals surface area contributed by atoms with E-state index in [-0.39, 0.29) is 120 Å². The third-order valence-electron chi connectivity index (χ3n) is 21.6. The van der Waals surface area contributed by atoms with Crippen LogP contribution in [0.2, 0.25) is 0 Å². The lowest BCUT2D eigenvalue weighted by molar-refractivity contribution is -0.150. The third kappa shape index (κ3) is 16.8. The van der Waals surface area contributed by atoms with E-state index in [2.05, 4.69) is 52.1 Å². The molecule has 24 nitrogen and oxygen atoms in total. The number of H-pyrrole nitrogens is 2. The standard InChI is InChI=1S/C73H99F4N13O11/c1-8-56(83-66(93)39(4)78-7)70(97)88-35-48(91)29-45(88)32-54-51-17-15-43(74)27-59(51)81-64(54)65-55(52-18-16-44(75)28-60(52)82-65)33-46-30-49(92)36-89(46)71(98)57(9-2)84-67(94)40(5)79-24-25-80-41(6)68(95)86-63(42-19-22-73(76,77)23-20-42)72(99)90-34-47-31-50(100-10-3)37-87(47)38-61(90)69(96)85-58-21-26-101-62-14-12-11-13-53(58)62/h11-18,27-28,39-42,45-50,56-58,61,63,78-82,91-92H,8-10,19-26,29-38H2,1-7H3,(H,83,93)(H,84,94)(H,85,96)(H,86,95)/t39-,40-,41-,45-,46-,47+,48-,49-,50+,56-,57-,58+,61-,63-/m0/s1. The van der Waals surface area contributed by atoms with Crippen LogP contribution in [0.5, 0.6) is 5.75 Å². The highest BCUT2D eigenvalue weighted by Gasteiger charge is 2.50. The van der Waals surface area contributed by atoms with Crippen LogP contribution >= 0.6 is 0 Å². The second kappa shape index (κ2) is 32.3. The van der Waals surface area contributed by atoms with Crippen molar-refractivity contribution < 1.29 is 70.8 Å². The average Bonchev–Trinajstić information content (AvgIpc) is 1.60. The molecule has 550 valence electrons. The molecule has 4 saturated heterocycles. The Hall–Kier alpha value is -7.73. The number of para-hydroxylation sites is 1. The van der Waals surface area contributed by atoms with Gasteiger partial charge in [0, 0.05) is 117 Å². The number of aliphatic hydroxyl groups is 2. The van der Waals surface area contributed by atoms with Gasteiger partial charge in [0.25, 0.3) is 0 Å². The summed E-state index contributed by atoms with van der Waals surface area (Å²) in [7, 11) is 1.64. The number of nitrogens with one attached hydrogen (secondary N) is 9. The predicted molar refractivity (Wildman–Crippen MR) is 370 cm³/mol. The monoisotopic (exact) mass is 1410 g/mol. The van der Waals surface area contributed by atoms with Gasteiger partial charge >= 0.3 is 0 Å². The van der Waals surface area contributed by atoms with Gasteiger partial charge in [-0.25, -0.2) is 17.6 Å². The number of likely N-dealkylation sites (N-methyl/N-ethyl adjacent to an activating group) is 1. The Morgan fingerprint density at radius 3 is 1.72 bits per heavy atom. The number of aliphatic hydroxyl groups excluding tert-OH is 2. The second-order valence-electron chi connectivity index (χ2n) is 28.5. The van der Waals surface area contributed by atoms with Crippen molar-refractivity contribution >= 4 is 63.2 Å². The molecule has 28 heteroatoms. The Bertz CT molecular complexity index is 3810. The van der Waals surface area contributed by atoms with Gasteiger partial charge in [0.2, 0.25) is 47.3 Å². The van der Waals surface area contributed by atoms with Crippen molar-refractivity contribution in [3.63, 3.8) is 0 Å². The van der Waals surface area contributed by atoms with E-state index in [0.29, 0.717) is 89.1 Å². The van der Waals surface area contributed by atoms with Gasteiger partial charge in [0.1, 0.15) is 41.6 Å². The van der Waals surface area contributed by atoms with Gasteiger partial charge in [-0.3, -0.25) is 38.5 Å². The predicted octanol–water partition coefficient (Wildman–Crippen LogP) is 4.60. The maximum atomic E-state index is 15.2. The normalized spacial score (nSPS) is 24.8. The van der Waals surface area contributed by atoms with Crippen LogP contribution in [0.25, 0.3) is 33.2 Å². The molecular weight excluding hydrogens is 1310 g/mol. The van der Waals surface area contributed by atoms with Gasteiger partial charge in [-0.1, -0.05) is 32.0 Å². The molecule has 11 rings (SSSR count). The van der Waals surface area contributed by atoms with Crippen LogP contribution in [0, 0.1) is 17.6 Å². The fraction of sp³-hybridized carbons (Fsp3) is 0.603. The number of aromatic amines is 2. The molecular formula is C73H99F4N13O11. The smallest absolute Gasteiger partial charge is 0.248 e. The molecule has 7 heterocycles. The fourth-order valence-corrected chi connectivity index (χ4v) is 15.9. The SMILES string of the molecule is CCO[C@@H]1C[C@@H]2CN(C(=O)[C@@H](NC(=O)[C@H](C)NCCN[C@@H](C)C(=O)N[C@@H](CC)C(=O)N3C[C@@H](O)C[C@H]3Cc3c(-c4[nH]c5cc(F)ccc5c4C[C@@H]4C[C@H](O)CN4C(=O)[C@H](CC)NC(=O)[C@H](C)NC)[nH]c4cc(F)ccc34)C3CCC(F)(F)CC3)[C@H](C(=O)N[C@@H]3CCOc4ccccc43)CN2C1. The molecule has 14 atom stereocenters. The highest BCUT2D eigenvalue weighted by molar-refractivity contribution is 5.98. The second-order valence-corrected chi connectivity index (χ2v) is 28.5. The maximum Gasteiger partial charge on any atom is 0.248 e. The van der Waals surface area contributed by atoms with Crippen LogP contribution in [0.4, 0.5) is 17.6 Å². The van der Waals surface area contributed by atoms with Crippen molar-refractivity contribution in [1.29, 1.82) is 0 Å². The van der Waals surface area contributed by atoms with Crippen LogP contribution in [0.1, 0.15) is 128 Å². The molecule has 1 saturated carbocycles. The number of aromatic nitrogens is 2. The summed E-state index contributed by atoms with van der Waals surface area (Å²) in [5.41, 5.74) is 4.01. The number of hydrogen-bond donors (Lipinski definition) is 11. The summed E-state index contributed by atoms with van der Waals surface area (Å²) in [6.45, 7) is 12.5. The van der Waals surface area contributed by atoms with Gasteiger partial charge in [0.05, 0.1) is 60.5 Å². The summed E-state index contributed by atoms with van der Waals surface area (Å²) >= 11 is 0. The number of piperazine rings is 1. The molecule has 5 aliphatic heterocycles. The molecule has 3 aromatic carbocycles. The number of rotatable bonds is 27. The quantitative estimate of drug-likeness (QED) is 0.0253. The molecule has 101 heavy (non-hydrogen) atoms. The van der Waals surface area contributed by atoms with Crippen LogP contribution < -0.4 is 42.0 Å². The molecule has 0 radical (unpaired) electrons. The Labute approximate surface area is 585 Å². The molecule has 0 unspecified atom stereocenters. The van der Waals surface area contributed by atoms with E-state index >= 15 is 13.6 Å². The average molecular weight is 1410 g/mol. The van der Waals surface area contributed by atoms with E-state index in [1.54, 1.807) is 63.6 Å². The van der Waals surface area contributed by atoms with Gasteiger partial charge in [-0.2, -0.15) is 0 Å². The molecule has 6 aliphatic rings. The Balaban J connectivity index is 0.740. The number of amides is 7. The summed E-state index contributed by atoms with van der Waals surface area (Å²) in [5.74, 6) is -7.03. The molecule has 0 bridgehead atoms. The molecule has 2 aromatic heterocycles. The highest BCUT2D eigenvalue weighted by atomic mass is 19.3. The van der Waals surface area contributed by atoms with Crippen molar-refractivity contribution in [2.24, 2.45) is 5.92 Å². The zero-order valence-corrected chi connectivity index (χ0v) is 58.7. The van der Waals surface area contributed by atoms with Crippen LogP contribution in [0.15, 0.2) is 60.7 Å². The number of carbonyl (C=O) groups excluding carboxylic acids is 7.